The molecule has 1 aromatic carbocycles. The van der Waals surface area contributed by atoms with Gasteiger partial charge in [0.1, 0.15) is 0 Å². The van der Waals surface area contributed by atoms with Gasteiger partial charge in [0, 0.05) is 13.1 Å². The maximum Gasteiger partial charge on any atom is 0.310 e. The number of hydrogen-bond donors (Lipinski definition) is 2. The fourth-order valence-electron chi connectivity index (χ4n) is 2.65. The molecule has 0 heterocycles. The number of nitrogens with one attached hydrogen (secondary N) is 1. The van der Waals surface area contributed by atoms with Crippen molar-refractivity contribution >= 4 is 5.97 Å². The third-order valence-corrected chi connectivity index (χ3v) is 4.11. The van der Waals surface area contributed by atoms with Gasteiger partial charge in [-0.05, 0) is 30.9 Å². The van der Waals surface area contributed by atoms with Crippen LogP contribution >= 0.6 is 0 Å². The van der Waals surface area contributed by atoms with Crippen molar-refractivity contribution in [3.05, 3.63) is 35.4 Å². The molecule has 4 heteroatoms. The lowest BCUT2D eigenvalue weighted by molar-refractivity contribution is -0.138. The molecule has 0 radical (unpaired) electrons. The lowest BCUT2D eigenvalue weighted by Gasteiger charge is -2.12. The lowest BCUT2D eigenvalue weighted by atomic mass is 10.0. The topological polar surface area (TPSA) is 58.6 Å². The summed E-state index contributed by atoms with van der Waals surface area (Å²) < 4.78 is 5.79. The molecule has 2 N–H and O–H groups in total. The van der Waals surface area contributed by atoms with Gasteiger partial charge in [-0.1, -0.05) is 37.1 Å². The number of carboxylic acids is 1. The summed E-state index contributed by atoms with van der Waals surface area (Å²) in [6, 6.07) is 7.76. The first-order valence-corrected chi connectivity index (χ1v) is 7.81. The Bertz CT molecular complexity index is 438. The maximum atomic E-state index is 10.9. The average molecular weight is 291 g/mol. The van der Waals surface area contributed by atoms with Gasteiger partial charge in [0.2, 0.25) is 0 Å². The van der Waals surface area contributed by atoms with E-state index < -0.39 is 11.9 Å². The van der Waals surface area contributed by atoms with Crippen molar-refractivity contribution in [1.29, 1.82) is 0 Å². The minimum atomic E-state index is -0.787. The smallest absolute Gasteiger partial charge is 0.310 e. The van der Waals surface area contributed by atoms with Crippen LogP contribution in [-0.4, -0.2) is 30.3 Å². The van der Waals surface area contributed by atoms with Crippen molar-refractivity contribution in [2.24, 2.45) is 0 Å². The van der Waals surface area contributed by atoms with Gasteiger partial charge in [0.25, 0.3) is 0 Å². The molecule has 21 heavy (non-hydrogen) atoms. The van der Waals surface area contributed by atoms with Crippen LogP contribution in [0.1, 0.15) is 49.7 Å². The summed E-state index contributed by atoms with van der Waals surface area (Å²) in [5.41, 5.74) is 2.01. The molecule has 1 aliphatic carbocycles. The van der Waals surface area contributed by atoms with Gasteiger partial charge >= 0.3 is 5.97 Å². The van der Waals surface area contributed by atoms with E-state index in [2.05, 4.69) is 5.32 Å². The molecule has 0 aliphatic heterocycles. The Hall–Kier alpha value is -1.39. The zero-order chi connectivity index (χ0) is 15.1. The van der Waals surface area contributed by atoms with E-state index in [0.29, 0.717) is 6.10 Å². The summed E-state index contributed by atoms with van der Waals surface area (Å²) in [5.74, 6) is -1.24. The highest BCUT2D eigenvalue weighted by Gasteiger charge is 2.14. The number of carboxylic acid groups (broad SMARTS) is 1. The van der Waals surface area contributed by atoms with Crippen molar-refractivity contribution in [1.82, 2.24) is 5.32 Å². The number of ether oxygens (including phenoxy) is 1. The quantitative estimate of drug-likeness (QED) is 0.723. The van der Waals surface area contributed by atoms with Crippen LogP contribution in [0.2, 0.25) is 0 Å². The third kappa shape index (κ3) is 5.14. The first kappa shape index (κ1) is 16.0. The molecule has 1 aliphatic rings. The summed E-state index contributed by atoms with van der Waals surface area (Å²) in [4.78, 5) is 10.9. The molecule has 0 amide bonds. The zero-order valence-corrected chi connectivity index (χ0v) is 12.7. The van der Waals surface area contributed by atoms with Crippen LogP contribution in [0.15, 0.2) is 24.3 Å². The predicted molar refractivity (Wildman–Crippen MR) is 82.4 cm³/mol. The monoisotopic (exact) mass is 291 g/mol. The van der Waals surface area contributed by atoms with Gasteiger partial charge in [0.05, 0.1) is 18.6 Å². The van der Waals surface area contributed by atoms with Gasteiger partial charge in [-0.15, -0.1) is 0 Å². The fourth-order valence-corrected chi connectivity index (χ4v) is 2.65. The Kier molecular flexibility index (Phi) is 6.21. The lowest BCUT2D eigenvalue weighted by Crippen LogP contribution is -2.21. The molecule has 1 aromatic rings. The second kappa shape index (κ2) is 8.15. The van der Waals surface area contributed by atoms with Gasteiger partial charge in [-0.2, -0.15) is 0 Å². The Labute approximate surface area is 126 Å². The average Bonchev–Trinajstić information content (AvgIpc) is 3.00. The fraction of sp³-hybridized carbons (Fsp3) is 0.588. The number of carbonyl (C=O) groups is 1. The summed E-state index contributed by atoms with van der Waals surface area (Å²) in [5, 5.41) is 12.3. The molecule has 1 atom stereocenters. The highest BCUT2D eigenvalue weighted by molar-refractivity contribution is 5.75. The van der Waals surface area contributed by atoms with Gasteiger partial charge in [-0.25, -0.2) is 0 Å². The van der Waals surface area contributed by atoms with E-state index in [1.54, 1.807) is 6.92 Å². The summed E-state index contributed by atoms with van der Waals surface area (Å²) in [7, 11) is 0. The molecule has 1 saturated carbocycles. The minimum absolute atomic E-state index is 0.452. The molecular formula is C17H25NO3. The van der Waals surface area contributed by atoms with Crippen LogP contribution in [-0.2, 0) is 16.1 Å². The summed E-state index contributed by atoms with van der Waals surface area (Å²) in [6.45, 7) is 4.11. The van der Waals surface area contributed by atoms with Crippen LogP contribution in [0.5, 0.6) is 0 Å². The van der Waals surface area contributed by atoms with E-state index in [0.717, 1.165) is 30.8 Å². The molecule has 2 rings (SSSR count). The highest BCUT2D eigenvalue weighted by Crippen LogP contribution is 2.20. The second-order valence-corrected chi connectivity index (χ2v) is 5.76. The molecule has 0 spiro atoms. The van der Waals surface area contributed by atoms with Crippen molar-refractivity contribution in [2.45, 2.75) is 51.2 Å². The largest absolute Gasteiger partial charge is 0.481 e. The number of rotatable bonds is 8. The highest BCUT2D eigenvalue weighted by atomic mass is 16.5. The van der Waals surface area contributed by atoms with Crippen LogP contribution in [0.3, 0.4) is 0 Å². The van der Waals surface area contributed by atoms with E-state index >= 15 is 0 Å². The van der Waals surface area contributed by atoms with Crippen molar-refractivity contribution in [2.75, 3.05) is 13.2 Å². The molecule has 4 nitrogen and oxygen atoms in total. The van der Waals surface area contributed by atoms with E-state index in [1.165, 1.54) is 25.7 Å². The Morgan fingerprint density at radius 2 is 2.00 bits per heavy atom. The number of hydrogen-bond acceptors (Lipinski definition) is 3. The van der Waals surface area contributed by atoms with E-state index in [9.17, 15) is 4.79 Å². The third-order valence-electron chi connectivity index (χ3n) is 4.11. The van der Waals surface area contributed by atoms with Crippen LogP contribution in [0.4, 0.5) is 0 Å². The van der Waals surface area contributed by atoms with E-state index in [1.807, 2.05) is 24.3 Å². The molecule has 0 saturated heterocycles. The molecular weight excluding hydrogens is 266 g/mol. The van der Waals surface area contributed by atoms with Crippen molar-refractivity contribution in [3.8, 4) is 0 Å². The van der Waals surface area contributed by atoms with Gasteiger partial charge in [-0.3, -0.25) is 4.79 Å². The van der Waals surface area contributed by atoms with Crippen LogP contribution < -0.4 is 5.32 Å². The number of aliphatic carboxylic acids is 1. The molecule has 1 unspecified atom stereocenters. The van der Waals surface area contributed by atoms with Gasteiger partial charge < -0.3 is 15.2 Å². The Morgan fingerprint density at radius 3 is 2.62 bits per heavy atom. The Morgan fingerprint density at radius 1 is 1.33 bits per heavy atom. The normalized spacial score (nSPS) is 17.0. The first-order valence-electron chi connectivity index (χ1n) is 7.81. The summed E-state index contributed by atoms with van der Waals surface area (Å²) >= 11 is 0. The molecule has 116 valence electrons. The molecule has 0 aromatic heterocycles. The second-order valence-electron chi connectivity index (χ2n) is 5.76. The van der Waals surface area contributed by atoms with Crippen LogP contribution in [0, 0.1) is 0 Å². The zero-order valence-electron chi connectivity index (χ0n) is 12.7. The minimum Gasteiger partial charge on any atom is -0.481 e. The van der Waals surface area contributed by atoms with Crippen molar-refractivity contribution in [3.63, 3.8) is 0 Å². The van der Waals surface area contributed by atoms with Crippen LogP contribution in [0.25, 0.3) is 0 Å². The van der Waals surface area contributed by atoms with E-state index in [4.69, 9.17) is 9.84 Å². The van der Waals surface area contributed by atoms with E-state index in [-0.39, 0.29) is 0 Å². The Balaban J connectivity index is 1.65. The standard InChI is InChI=1S/C17H25NO3/c1-13(17(19)20)15-8-6-14(7-9-15)12-18-10-11-21-16-4-2-3-5-16/h6-9,13,16,18H,2-5,10-12H2,1H3,(H,19,20). The SMILES string of the molecule is CC(C(=O)O)c1ccc(CNCCOC2CCCC2)cc1. The molecule has 0 bridgehead atoms. The number of benzene rings is 1. The maximum absolute atomic E-state index is 10.9. The molecule has 1 fully saturated rings. The first-order chi connectivity index (χ1) is 10.2. The van der Waals surface area contributed by atoms with Gasteiger partial charge in [0.15, 0.2) is 0 Å². The predicted octanol–water partition coefficient (Wildman–Crippen LogP) is 2.92. The summed E-state index contributed by atoms with van der Waals surface area (Å²) in [6.07, 6.45) is 5.51. The van der Waals surface area contributed by atoms with Crippen molar-refractivity contribution < 1.29 is 14.6 Å².